The predicted octanol–water partition coefficient (Wildman–Crippen LogP) is 3.66. The quantitative estimate of drug-likeness (QED) is 0.615. The largest absolute Gasteiger partial charge is 0.416 e. The standard InChI is InChI=1S/C12H17F3N2OS/c1-3-16-10-7-9(12(13,14)15)8-11(17-10)19-6-4-5-18-2/h7-8H,3-6H2,1-2H3,(H,16,17). The molecule has 1 heterocycles. The van der Waals surface area contributed by atoms with Crippen molar-refractivity contribution < 1.29 is 17.9 Å². The molecule has 3 nitrogen and oxygen atoms in total. The normalized spacial score (nSPS) is 11.6. The second-order valence-corrected chi connectivity index (χ2v) is 4.92. The van der Waals surface area contributed by atoms with Crippen LogP contribution >= 0.6 is 11.8 Å². The van der Waals surface area contributed by atoms with Crippen molar-refractivity contribution in [2.75, 3.05) is 31.3 Å². The summed E-state index contributed by atoms with van der Waals surface area (Å²) in [6.07, 6.45) is -3.58. The molecular formula is C12H17F3N2OS. The van der Waals surface area contributed by atoms with Crippen LogP contribution in [0, 0.1) is 0 Å². The van der Waals surface area contributed by atoms with Crippen molar-refractivity contribution in [3.8, 4) is 0 Å². The molecule has 0 saturated heterocycles. The van der Waals surface area contributed by atoms with E-state index >= 15 is 0 Å². The molecule has 0 atom stereocenters. The minimum absolute atomic E-state index is 0.256. The van der Waals surface area contributed by atoms with E-state index in [1.165, 1.54) is 11.8 Å². The number of anilines is 1. The van der Waals surface area contributed by atoms with Gasteiger partial charge in [-0.15, -0.1) is 11.8 Å². The number of nitrogens with one attached hydrogen (secondary N) is 1. The zero-order chi connectivity index (χ0) is 14.3. The number of ether oxygens (including phenoxy) is 1. The van der Waals surface area contributed by atoms with Gasteiger partial charge in [0.2, 0.25) is 0 Å². The maximum Gasteiger partial charge on any atom is 0.416 e. The molecule has 0 unspecified atom stereocenters. The molecule has 7 heteroatoms. The first-order valence-electron chi connectivity index (χ1n) is 5.92. The van der Waals surface area contributed by atoms with Crippen LogP contribution < -0.4 is 5.32 Å². The Morgan fingerprint density at radius 1 is 1.37 bits per heavy atom. The van der Waals surface area contributed by atoms with E-state index in [-0.39, 0.29) is 5.82 Å². The molecular weight excluding hydrogens is 277 g/mol. The van der Waals surface area contributed by atoms with E-state index in [0.717, 1.165) is 18.6 Å². The monoisotopic (exact) mass is 294 g/mol. The number of aromatic nitrogens is 1. The maximum atomic E-state index is 12.7. The lowest BCUT2D eigenvalue weighted by Gasteiger charge is -2.11. The maximum absolute atomic E-state index is 12.7. The van der Waals surface area contributed by atoms with Gasteiger partial charge >= 0.3 is 6.18 Å². The van der Waals surface area contributed by atoms with E-state index in [0.29, 0.717) is 23.9 Å². The van der Waals surface area contributed by atoms with Crippen molar-refractivity contribution in [2.45, 2.75) is 24.5 Å². The topological polar surface area (TPSA) is 34.1 Å². The SMILES string of the molecule is CCNc1cc(C(F)(F)F)cc(SCCCOC)n1. The molecule has 0 bridgehead atoms. The van der Waals surface area contributed by atoms with Crippen LogP contribution in [0.4, 0.5) is 19.0 Å². The zero-order valence-electron chi connectivity index (χ0n) is 10.9. The number of alkyl halides is 3. The Balaban J connectivity index is 2.81. The predicted molar refractivity (Wildman–Crippen MR) is 70.6 cm³/mol. The molecule has 0 saturated carbocycles. The van der Waals surface area contributed by atoms with E-state index in [2.05, 4.69) is 10.3 Å². The number of pyridine rings is 1. The number of nitrogens with zero attached hydrogens (tertiary/aromatic N) is 1. The van der Waals surface area contributed by atoms with Gasteiger partial charge in [-0.2, -0.15) is 13.2 Å². The highest BCUT2D eigenvalue weighted by molar-refractivity contribution is 7.99. The van der Waals surface area contributed by atoms with Crippen molar-refractivity contribution in [2.24, 2.45) is 0 Å². The van der Waals surface area contributed by atoms with Crippen molar-refractivity contribution in [1.82, 2.24) is 4.98 Å². The zero-order valence-corrected chi connectivity index (χ0v) is 11.7. The lowest BCUT2D eigenvalue weighted by atomic mass is 10.2. The summed E-state index contributed by atoms with van der Waals surface area (Å²) in [5.41, 5.74) is -0.673. The fraction of sp³-hybridized carbons (Fsp3) is 0.583. The molecule has 0 aromatic carbocycles. The van der Waals surface area contributed by atoms with Crippen LogP contribution in [-0.4, -0.2) is 31.0 Å². The molecule has 19 heavy (non-hydrogen) atoms. The van der Waals surface area contributed by atoms with Gasteiger partial charge in [-0.25, -0.2) is 4.98 Å². The van der Waals surface area contributed by atoms with Gasteiger partial charge in [0, 0.05) is 26.0 Å². The van der Waals surface area contributed by atoms with Crippen LogP contribution in [0.15, 0.2) is 17.2 Å². The van der Waals surface area contributed by atoms with Crippen molar-refractivity contribution >= 4 is 17.6 Å². The first kappa shape index (κ1) is 16.1. The van der Waals surface area contributed by atoms with Gasteiger partial charge in [0.15, 0.2) is 0 Å². The summed E-state index contributed by atoms with van der Waals surface area (Å²) in [6.45, 7) is 2.93. The summed E-state index contributed by atoms with van der Waals surface area (Å²) in [5.74, 6) is 0.930. The Labute approximate surface area is 114 Å². The van der Waals surface area contributed by atoms with E-state index in [9.17, 15) is 13.2 Å². The Hall–Kier alpha value is -0.950. The number of hydrogen-bond acceptors (Lipinski definition) is 4. The summed E-state index contributed by atoms with van der Waals surface area (Å²) >= 11 is 1.30. The molecule has 0 aliphatic carbocycles. The lowest BCUT2D eigenvalue weighted by Crippen LogP contribution is -2.08. The Morgan fingerprint density at radius 2 is 2.11 bits per heavy atom. The molecule has 0 spiro atoms. The molecule has 1 aromatic rings. The van der Waals surface area contributed by atoms with E-state index < -0.39 is 11.7 Å². The van der Waals surface area contributed by atoms with Crippen LogP contribution in [0.25, 0.3) is 0 Å². The number of methoxy groups -OCH3 is 1. The highest BCUT2D eigenvalue weighted by Gasteiger charge is 2.31. The van der Waals surface area contributed by atoms with Gasteiger partial charge in [0.05, 0.1) is 10.6 Å². The van der Waals surface area contributed by atoms with Crippen molar-refractivity contribution in [1.29, 1.82) is 0 Å². The molecule has 1 N–H and O–H groups in total. The third-order valence-electron chi connectivity index (χ3n) is 2.23. The summed E-state index contributed by atoms with van der Waals surface area (Å²) < 4.78 is 43.1. The fourth-order valence-electron chi connectivity index (χ4n) is 1.39. The highest BCUT2D eigenvalue weighted by atomic mass is 32.2. The second kappa shape index (κ2) is 7.59. The summed E-state index contributed by atoms with van der Waals surface area (Å²) in [4.78, 5) is 4.15. The minimum Gasteiger partial charge on any atom is -0.385 e. The first-order valence-corrected chi connectivity index (χ1v) is 6.90. The summed E-state index contributed by atoms with van der Waals surface area (Å²) in [7, 11) is 1.59. The van der Waals surface area contributed by atoms with E-state index in [1.807, 2.05) is 6.92 Å². The molecule has 1 aromatic heterocycles. The minimum atomic E-state index is -4.35. The Morgan fingerprint density at radius 3 is 2.68 bits per heavy atom. The first-order chi connectivity index (χ1) is 8.97. The van der Waals surface area contributed by atoms with Crippen LogP contribution in [0.1, 0.15) is 18.9 Å². The smallest absolute Gasteiger partial charge is 0.385 e. The average molecular weight is 294 g/mol. The molecule has 1 rings (SSSR count). The van der Waals surface area contributed by atoms with Crippen LogP contribution in [0.2, 0.25) is 0 Å². The van der Waals surface area contributed by atoms with Crippen LogP contribution in [0.3, 0.4) is 0 Å². The van der Waals surface area contributed by atoms with Gasteiger partial charge in [0.1, 0.15) is 5.82 Å². The fourth-order valence-corrected chi connectivity index (χ4v) is 2.24. The molecule has 0 radical (unpaired) electrons. The summed E-state index contributed by atoms with van der Waals surface area (Å²) in [6, 6.07) is 2.11. The van der Waals surface area contributed by atoms with Crippen molar-refractivity contribution in [3.05, 3.63) is 17.7 Å². The van der Waals surface area contributed by atoms with E-state index in [1.54, 1.807) is 7.11 Å². The molecule has 0 aliphatic heterocycles. The van der Waals surface area contributed by atoms with Crippen LogP contribution in [-0.2, 0) is 10.9 Å². The van der Waals surface area contributed by atoms with Crippen LogP contribution in [0.5, 0.6) is 0 Å². The highest BCUT2D eigenvalue weighted by Crippen LogP contribution is 2.33. The van der Waals surface area contributed by atoms with Gasteiger partial charge in [-0.05, 0) is 25.5 Å². The Bertz CT molecular complexity index is 399. The van der Waals surface area contributed by atoms with Gasteiger partial charge < -0.3 is 10.1 Å². The summed E-state index contributed by atoms with van der Waals surface area (Å²) in [5, 5.41) is 3.19. The second-order valence-electron chi connectivity index (χ2n) is 3.80. The number of rotatable bonds is 7. The van der Waals surface area contributed by atoms with Gasteiger partial charge in [-0.1, -0.05) is 0 Å². The van der Waals surface area contributed by atoms with Gasteiger partial charge in [0.25, 0.3) is 0 Å². The molecule has 0 amide bonds. The average Bonchev–Trinajstić information content (AvgIpc) is 2.34. The van der Waals surface area contributed by atoms with Gasteiger partial charge in [-0.3, -0.25) is 0 Å². The Kier molecular flexibility index (Phi) is 6.44. The third kappa shape index (κ3) is 5.69. The number of halogens is 3. The molecule has 0 fully saturated rings. The van der Waals surface area contributed by atoms with Crippen molar-refractivity contribution in [3.63, 3.8) is 0 Å². The third-order valence-corrected chi connectivity index (χ3v) is 3.23. The van der Waals surface area contributed by atoms with E-state index in [4.69, 9.17) is 4.74 Å². The number of hydrogen-bond donors (Lipinski definition) is 1. The molecule has 0 aliphatic rings. The number of thioether (sulfide) groups is 1. The molecule has 108 valence electrons. The lowest BCUT2D eigenvalue weighted by molar-refractivity contribution is -0.137.